The average molecular weight is 377 g/mol. The van der Waals surface area contributed by atoms with Crippen molar-refractivity contribution >= 4 is 28.6 Å². The minimum atomic E-state index is -1.000. The van der Waals surface area contributed by atoms with Gasteiger partial charge in [0.05, 0.1) is 22.6 Å². The number of hydrogen-bond donors (Lipinski definition) is 0. The van der Waals surface area contributed by atoms with Crippen molar-refractivity contribution < 1.29 is 19.2 Å². The summed E-state index contributed by atoms with van der Waals surface area (Å²) in [5.41, 5.74) is -0.182. The fraction of sp³-hybridized carbons (Fsp3) is 0.150. The molecule has 0 spiro atoms. The van der Waals surface area contributed by atoms with Crippen LogP contribution in [-0.4, -0.2) is 32.6 Å². The van der Waals surface area contributed by atoms with E-state index in [1.54, 1.807) is 50.2 Å². The third kappa shape index (κ3) is 2.58. The van der Waals surface area contributed by atoms with E-state index in [9.17, 15) is 19.2 Å². The smallest absolute Gasteiger partial charge is 0.322 e. The monoisotopic (exact) mass is 377 g/mol. The zero-order valence-corrected chi connectivity index (χ0v) is 15.1. The molecule has 0 unspecified atom stereocenters. The summed E-state index contributed by atoms with van der Waals surface area (Å²) in [4.78, 5) is 55.3. The van der Waals surface area contributed by atoms with Crippen LogP contribution in [0.2, 0.25) is 0 Å². The summed E-state index contributed by atoms with van der Waals surface area (Å²) in [5.74, 6) is -2.45. The lowest BCUT2D eigenvalue weighted by Gasteiger charge is -2.15. The first-order chi connectivity index (χ1) is 13.4. The quantitative estimate of drug-likeness (QED) is 0.650. The van der Waals surface area contributed by atoms with Crippen LogP contribution < -0.4 is 5.56 Å². The molecular formula is C20H15N3O5. The van der Waals surface area contributed by atoms with Gasteiger partial charge in [0, 0.05) is 5.39 Å². The SMILES string of the molecule is CC(C)n1nc(C(=O)ON2C(=O)c3ccccc3C2=O)c2ccccc2c1=O. The number of benzene rings is 2. The van der Waals surface area contributed by atoms with Crippen LogP contribution in [0.5, 0.6) is 0 Å². The van der Waals surface area contributed by atoms with Gasteiger partial charge in [-0.3, -0.25) is 14.4 Å². The van der Waals surface area contributed by atoms with Gasteiger partial charge in [-0.2, -0.15) is 5.10 Å². The molecule has 1 aromatic heterocycles. The third-order valence-corrected chi connectivity index (χ3v) is 4.44. The Kier molecular flexibility index (Phi) is 4.03. The predicted octanol–water partition coefficient (Wildman–Crippen LogP) is 2.35. The lowest BCUT2D eigenvalue weighted by Crippen LogP contribution is -2.34. The summed E-state index contributed by atoms with van der Waals surface area (Å²) in [6.07, 6.45) is 0. The van der Waals surface area contributed by atoms with Crippen LogP contribution in [0.25, 0.3) is 10.8 Å². The van der Waals surface area contributed by atoms with E-state index in [1.807, 2.05) is 0 Å². The van der Waals surface area contributed by atoms with E-state index in [-0.39, 0.29) is 33.8 Å². The normalized spacial score (nSPS) is 13.3. The number of hydrogen-bond acceptors (Lipinski definition) is 6. The molecule has 0 N–H and O–H groups in total. The van der Waals surface area contributed by atoms with Crippen molar-refractivity contribution in [2.45, 2.75) is 19.9 Å². The topological polar surface area (TPSA) is 98.6 Å². The molecule has 0 fully saturated rings. The maximum Gasteiger partial charge on any atom is 0.384 e. The van der Waals surface area contributed by atoms with Gasteiger partial charge in [0.15, 0.2) is 5.69 Å². The average Bonchev–Trinajstić information content (AvgIpc) is 2.93. The van der Waals surface area contributed by atoms with Gasteiger partial charge in [-0.05, 0) is 32.0 Å². The number of rotatable bonds is 3. The predicted molar refractivity (Wildman–Crippen MR) is 98.7 cm³/mol. The molecule has 0 saturated carbocycles. The van der Waals surface area contributed by atoms with Gasteiger partial charge < -0.3 is 4.84 Å². The Morgan fingerprint density at radius 3 is 2.00 bits per heavy atom. The van der Waals surface area contributed by atoms with Gasteiger partial charge in [0.1, 0.15) is 0 Å². The van der Waals surface area contributed by atoms with Crippen LogP contribution in [0, 0.1) is 0 Å². The number of fused-ring (bicyclic) bond motifs is 2. The van der Waals surface area contributed by atoms with E-state index in [0.29, 0.717) is 10.4 Å². The molecular weight excluding hydrogens is 362 g/mol. The second-order valence-electron chi connectivity index (χ2n) is 6.57. The maximum absolute atomic E-state index is 12.8. The summed E-state index contributed by atoms with van der Waals surface area (Å²) < 4.78 is 1.17. The first kappa shape index (κ1) is 17.6. The van der Waals surface area contributed by atoms with Gasteiger partial charge in [-0.15, -0.1) is 0 Å². The van der Waals surface area contributed by atoms with Gasteiger partial charge >= 0.3 is 5.97 Å². The van der Waals surface area contributed by atoms with Crippen LogP contribution in [0.15, 0.2) is 53.3 Å². The highest BCUT2D eigenvalue weighted by molar-refractivity contribution is 6.21. The zero-order chi connectivity index (χ0) is 20.0. The Morgan fingerprint density at radius 1 is 0.893 bits per heavy atom. The summed E-state index contributed by atoms with van der Waals surface area (Å²) in [5, 5.41) is 5.12. The van der Waals surface area contributed by atoms with Crippen molar-refractivity contribution in [3.8, 4) is 0 Å². The Balaban J connectivity index is 1.77. The van der Waals surface area contributed by atoms with Gasteiger partial charge in [0.25, 0.3) is 17.4 Å². The summed E-state index contributed by atoms with van der Waals surface area (Å²) in [6, 6.07) is 12.4. The highest BCUT2D eigenvalue weighted by atomic mass is 16.7. The van der Waals surface area contributed by atoms with Crippen molar-refractivity contribution in [1.29, 1.82) is 0 Å². The molecule has 1 aliphatic rings. The highest BCUT2D eigenvalue weighted by Crippen LogP contribution is 2.24. The Morgan fingerprint density at radius 2 is 1.43 bits per heavy atom. The first-order valence-electron chi connectivity index (χ1n) is 8.62. The van der Waals surface area contributed by atoms with Crippen LogP contribution in [0.1, 0.15) is 51.1 Å². The molecule has 0 radical (unpaired) electrons. The van der Waals surface area contributed by atoms with E-state index in [4.69, 9.17) is 4.84 Å². The molecule has 2 amide bonds. The van der Waals surface area contributed by atoms with Gasteiger partial charge in [-0.1, -0.05) is 35.4 Å². The first-order valence-corrected chi connectivity index (χ1v) is 8.62. The summed E-state index contributed by atoms with van der Waals surface area (Å²) in [7, 11) is 0. The van der Waals surface area contributed by atoms with Crippen LogP contribution in [-0.2, 0) is 4.84 Å². The molecule has 8 heteroatoms. The second-order valence-corrected chi connectivity index (χ2v) is 6.57. The lowest BCUT2D eigenvalue weighted by atomic mass is 10.1. The molecule has 8 nitrogen and oxygen atoms in total. The minimum Gasteiger partial charge on any atom is -0.322 e. The molecule has 28 heavy (non-hydrogen) atoms. The Hall–Kier alpha value is -3.81. The van der Waals surface area contributed by atoms with Gasteiger partial charge in [-0.25, -0.2) is 9.48 Å². The van der Waals surface area contributed by atoms with Gasteiger partial charge in [0.2, 0.25) is 0 Å². The third-order valence-electron chi connectivity index (χ3n) is 4.44. The number of imide groups is 1. The molecule has 2 aromatic carbocycles. The Bertz CT molecular complexity index is 1180. The molecule has 0 aliphatic carbocycles. The highest BCUT2D eigenvalue weighted by Gasteiger charge is 2.39. The Labute approximate surface area is 158 Å². The molecule has 2 heterocycles. The number of nitrogens with zero attached hydrogens (tertiary/aromatic N) is 3. The van der Waals surface area contributed by atoms with Crippen molar-refractivity contribution in [2.24, 2.45) is 0 Å². The largest absolute Gasteiger partial charge is 0.384 e. The van der Waals surface area contributed by atoms with Crippen LogP contribution in [0.4, 0.5) is 0 Å². The standard InChI is InChI=1S/C20H15N3O5/c1-11(2)22-17(24)13-8-4-3-7-12(13)16(21-22)20(27)28-23-18(25)14-9-5-6-10-15(14)19(23)26/h3-11H,1-2H3. The van der Waals surface area contributed by atoms with Crippen molar-refractivity contribution in [1.82, 2.24) is 14.8 Å². The number of carbonyl (C=O) groups is 3. The van der Waals surface area contributed by atoms with Crippen molar-refractivity contribution in [3.05, 3.63) is 75.7 Å². The molecule has 0 atom stereocenters. The second kappa shape index (κ2) is 6.41. The summed E-state index contributed by atoms with van der Waals surface area (Å²) in [6.45, 7) is 3.50. The summed E-state index contributed by atoms with van der Waals surface area (Å²) >= 11 is 0. The number of aromatic nitrogens is 2. The fourth-order valence-electron chi connectivity index (χ4n) is 3.08. The lowest BCUT2D eigenvalue weighted by molar-refractivity contribution is -0.0588. The fourth-order valence-corrected chi connectivity index (χ4v) is 3.08. The molecule has 140 valence electrons. The molecule has 0 bridgehead atoms. The maximum atomic E-state index is 12.8. The van der Waals surface area contributed by atoms with Crippen LogP contribution in [0.3, 0.4) is 0 Å². The molecule has 0 saturated heterocycles. The number of carbonyl (C=O) groups excluding carboxylic acids is 3. The van der Waals surface area contributed by atoms with E-state index in [2.05, 4.69) is 5.10 Å². The molecule has 3 aromatic rings. The van der Waals surface area contributed by atoms with E-state index in [0.717, 1.165) is 0 Å². The number of amides is 2. The van der Waals surface area contributed by atoms with Crippen molar-refractivity contribution in [3.63, 3.8) is 0 Å². The van der Waals surface area contributed by atoms with Crippen LogP contribution >= 0.6 is 0 Å². The number of hydroxylamine groups is 2. The zero-order valence-electron chi connectivity index (χ0n) is 15.1. The van der Waals surface area contributed by atoms with E-state index < -0.39 is 17.8 Å². The molecule has 1 aliphatic heterocycles. The van der Waals surface area contributed by atoms with E-state index >= 15 is 0 Å². The molecule has 4 rings (SSSR count). The minimum absolute atomic E-state index is 0.152. The van der Waals surface area contributed by atoms with Crippen molar-refractivity contribution in [2.75, 3.05) is 0 Å². The van der Waals surface area contributed by atoms with E-state index in [1.165, 1.54) is 16.8 Å².